The zero-order chi connectivity index (χ0) is 8.39. The summed E-state index contributed by atoms with van der Waals surface area (Å²) in [5, 5.41) is 4.24. The van der Waals surface area contributed by atoms with Crippen molar-refractivity contribution in [2.45, 2.75) is 25.5 Å². The van der Waals surface area contributed by atoms with Crippen molar-refractivity contribution in [3.05, 3.63) is 16.9 Å². The van der Waals surface area contributed by atoms with Gasteiger partial charge in [0, 0.05) is 12.8 Å². The normalized spacial score (nSPS) is 24.2. The van der Waals surface area contributed by atoms with Gasteiger partial charge in [0.1, 0.15) is 10.8 Å². The maximum Gasteiger partial charge on any atom is 0.150 e. The van der Waals surface area contributed by atoms with E-state index in [1.165, 1.54) is 12.8 Å². The van der Waals surface area contributed by atoms with Crippen LogP contribution in [0.4, 0.5) is 0 Å². The topological polar surface area (TPSA) is 27.1 Å². The molecule has 1 atom stereocenters. The molecule has 1 aromatic heterocycles. The van der Waals surface area contributed by atoms with E-state index in [0.717, 1.165) is 17.6 Å². The quantitative estimate of drug-likeness (QED) is 0.741. The van der Waals surface area contributed by atoms with E-state index in [2.05, 4.69) is 21.0 Å². The summed E-state index contributed by atoms with van der Waals surface area (Å²) in [5.41, 5.74) is 0. The summed E-state index contributed by atoms with van der Waals surface area (Å²) in [6.45, 7) is 0.863. The molecule has 1 aromatic rings. The van der Waals surface area contributed by atoms with E-state index >= 15 is 0 Å². The molecule has 0 bridgehead atoms. The second-order valence-corrected chi connectivity index (χ2v) is 3.75. The summed E-state index contributed by atoms with van der Waals surface area (Å²) in [5.74, 6) is 0. The second kappa shape index (κ2) is 3.58. The molecule has 0 saturated carbocycles. The first-order valence-electron chi connectivity index (χ1n) is 4.18. The fraction of sp³-hybridized carbons (Fsp3) is 0.625. The van der Waals surface area contributed by atoms with Crippen molar-refractivity contribution in [1.29, 1.82) is 0 Å². The molecule has 0 spiro atoms. The number of hydrogen-bond donors (Lipinski definition) is 0. The van der Waals surface area contributed by atoms with Crippen LogP contribution >= 0.6 is 15.9 Å². The Morgan fingerprint density at radius 2 is 2.50 bits per heavy atom. The van der Waals surface area contributed by atoms with Crippen LogP contribution in [-0.2, 0) is 4.74 Å². The molecular weight excluding hydrogens is 220 g/mol. The monoisotopic (exact) mass is 230 g/mol. The number of hydrogen-bond acceptors (Lipinski definition) is 2. The van der Waals surface area contributed by atoms with Gasteiger partial charge in [-0.25, -0.2) is 4.68 Å². The van der Waals surface area contributed by atoms with Crippen molar-refractivity contribution in [2.75, 3.05) is 6.61 Å². The molecule has 12 heavy (non-hydrogen) atoms. The standard InChI is InChI=1S/C8H11BrN2O/c9-7-4-5-11(10-7)8-3-1-2-6-12-8/h4-5,8H,1-3,6H2/t8-/m1/s1. The van der Waals surface area contributed by atoms with Gasteiger partial charge < -0.3 is 4.74 Å². The van der Waals surface area contributed by atoms with E-state index in [1.807, 2.05) is 16.9 Å². The Bertz CT molecular complexity index is 255. The van der Waals surface area contributed by atoms with Crippen molar-refractivity contribution in [3.8, 4) is 0 Å². The lowest BCUT2D eigenvalue weighted by Crippen LogP contribution is -2.18. The van der Waals surface area contributed by atoms with Gasteiger partial charge in [0.05, 0.1) is 0 Å². The third-order valence-corrected chi connectivity index (χ3v) is 2.45. The number of nitrogens with zero attached hydrogens (tertiary/aromatic N) is 2. The van der Waals surface area contributed by atoms with Crippen LogP contribution in [-0.4, -0.2) is 16.4 Å². The van der Waals surface area contributed by atoms with Gasteiger partial charge in [-0.15, -0.1) is 0 Å². The third kappa shape index (κ3) is 1.69. The van der Waals surface area contributed by atoms with Crippen molar-refractivity contribution in [1.82, 2.24) is 9.78 Å². The number of halogens is 1. The van der Waals surface area contributed by atoms with Gasteiger partial charge >= 0.3 is 0 Å². The molecule has 0 N–H and O–H groups in total. The summed E-state index contributed by atoms with van der Waals surface area (Å²) >= 11 is 3.31. The Morgan fingerprint density at radius 1 is 1.58 bits per heavy atom. The van der Waals surface area contributed by atoms with E-state index in [4.69, 9.17) is 4.74 Å². The van der Waals surface area contributed by atoms with Crippen molar-refractivity contribution < 1.29 is 4.74 Å². The lowest BCUT2D eigenvalue weighted by molar-refractivity contribution is -0.0396. The predicted molar refractivity (Wildman–Crippen MR) is 48.8 cm³/mol. The van der Waals surface area contributed by atoms with Crippen LogP contribution in [0.15, 0.2) is 16.9 Å². The highest BCUT2D eigenvalue weighted by molar-refractivity contribution is 9.10. The summed E-state index contributed by atoms with van der Waals surface area (Å²) in [4.78, 5) is 0. The molecular formula is C8H11BrN2O. The van der Waals surface area contributed by atoms with Gasteiger partial charge in [-0.05, 0) is 41.3 Å². The van der Waals surface area contributed by atoms with Crippen LogP contribution < -0.4 is 0 Å². The fourth-order valence-corrected chi connectivity index (χ4v) is 1.71. The molecule has 1 aliphatic heterocycles. The zero-order valence-electron chi connectivity index (χ0n) is 6.74. The van der Waals surface area contributed by atoms with Crippen LogP contribution in [0, 0.1) is 0 Å². The van der Waals surface area contributed by atoms with Crippen LogP contribution in [0.3, 0.4) is 0 Å². The molecule has 4 heteroatoms. The Balaban J connectivity index is 2.08. The minimum absolute atomic E-state index is 0.157. The Labute approximate surface area is 79.8 Å². The highest BCUT2D eigenvalue weighted by atomic mass is 79.9. The fourth-order valence-electron chi connectivity index (χ4n) is 1.41. The first-order valence-corrected chi connectivity index (χ1v) is 4.98. The van der Waals surface area contributed by atoms with E-state index < -0.39 is 0 Å². The largest absolute Gasteiger partial charge is 0.357 e. The third-order valence-electron chi connectivity index (χ3n) is 2.03. The molecule has 1 fully saturated rings. The summed E-state index contributed by atoms with van der Waals surface area (Å²) in [6.07, 6.45) is 5.60. The first kappa shape index (κ1) is 8.26. The molecule has 0 amide bonds. The molecule has 0 aliphatic carbocycles. The van der Waals surface area contributed by atoms with Crippen LogP contribution in [0.1, 0.15) is 25.5 Å². The maximum atomic E-state index is 5.56. The zero-order valence-corrected chi connectivity index (χ0v) is 8.33. The van der Waals surface area contributed by atoms with Crippen molar-refractivity contribution in [2.24, 2.45) is 0 Å². The highest BCUT2D eigenvalue weighted by Gasteiger charge is 2.15. The van der Waals surface area contributed by atoms with E-state index in [0.29, 0.717) is 0 Å². The molecule has 0 unspecified atom stereocenters. The average Bonchev–Trinajstić information content (AvgIpc) is 2.54. The maximum absolute atomic E-state index is 5.56. The average molecular weight is 231 g/mol. The molecule has 1 saturated heterocycles. The number of rotatable bonds is 1. The molecule has 0 aromatic carbocycles. The van der Waals surface area contributed by atoms with Gasteiger partial charge in [0.2, 0.25) is 0 Å². The van der Waals surface area contributed by atoms with Crippen LogP contribution in [0.2, 0.25) is 0 Å². The Kier molecular flexibility index (Phi) is 2.46. The van der Waals surface area contributed by atoms with Gasteiger partial charge in [0.25, 0.3) is 0 Å². The van der Waals surface area contributed by atoms with Crippen molar-refractivity contribution in [3.63, 3.8) is 0 Å². The van der Waals surface area contributed by atoms with Crippen LogP contribution in [0.5, 0.6) is 0 Å². The van der Waals surface area contributed by atoms with Crippen LogP contribution in [0.25, 0.3) is 0 Å². The van der Waals surface area contributed by atoms with Gasteiger partial charge in [0.15, 0.2) is 0 Å². The van der Waals surface area contributed by atoms with E-state index in [9.17, 15) is 0 Å². The summed E-state index contributed by atoms with van der Waals surface area (Å²) in [7, 11) is 0. The lowest BCUT2D eigenvalue weighted by Gasteiger charge is -2.22. The van der Waals surface area contributed by atoms with Crippen molar-refractivity contribution >= 4 is 15.9 Å². The summed E-state index contributed by atoms with van der Waals surface area (Å²) in [6, 6.07) is 1.93. The first-order chi connectivity index (χ1) is 5.86. The van der Waals surface area contributed by atoms with E-state index in [1.54, 1.807) is 0 Å². The Hall–Kier alpha value is -0.350. The number of aromatic nitrogens is 2. The lowest BCUT2D eigenvalue weighted by atomic mass is 10.2. The molecule has 1 aliphatic rings. The minimum Gasteiger partial charge on any atom is -0.357 e. The minimum atomic E-state index is 0.157. The molecule has 2 heterocycles. The summed E-state index contributed by atoms with van der Waals surface area (Å²) < 4.78 is 8.31. The van der Waals surface area contributed by atoms with Gasteiger partial charge in [-0.1, -0.05) is 0 Å². The molecule has 2 rings (SSSR count). The number of ether oxygens (including phenoxy) is 1. The molecule has 3 nitrogen and oxygen atoms in total. The smallest absolute Gasteiger partial charge is 0.150 e. The predicted octanol–water partition coefficient (Wildman–Crippen LogP) is 2.34. The molecule has 0 radical (unpaired) electrons. The van der Waals surface area contributed by atoms with Gasteiger partial charge in [-0.3, -0.25) is 0 Å². The molecule has 66 valence electrons. The SMILES string of the molecule is Brc1ccn([C@H]2CCCCO2)n1. The second-order valence-electron chi connectivity index (χ2n) is 2.94. The van der Waals surface area contributed by atoms with E-state index in [-0.39, 0.29) is 6.23 Å². The van der Waals surface area contributed by atoms with Gasteiger partial charge in [-0.2, -0.15) is 5.10 Å². The highest BCUT2D eigenvalue weighted by Crippen LogP contribution is 2.22. The Morgan fingerprint density at radius 3 is 3.08 bits per heavy atom.